The molecule has 0 aliphatic heterocycles. The number of aryl methyl sites for hydroxylation is 1. The van der Waals surface area contributed by atoms with Gasteiger partial charge in [0.1, 0.15) is 5.75 Å². The number of hydroxylamine groups is 1. The van der Waals surface area contributed by atoms with Crippen LogP contribution in [-0.4, -0.2) is 16.7 Å². The molecule has 5 nitrogen and oxygen atoms in total. The van der Waals surface area contributed by atoms with Crippen LogP contribution in [0.15, 0.2) is 18.2 Å². The van der Waals surface area contributed by atoms with E-state index in [0.717, 1.165) is 11.1 Å². The van der Waals surface area contributed by atoms with Crippen molar-refractivity contribution >= 4 is 6.03 Å². The molecule has 0 aliphatic rings. The molecule has 0 saturated heterocycles. The number of phenolic OH excluding ortho intramolecular Hbond substituents is 1. The summed E-state index contributed by atoms with van der Waals surface area (Å²) in [6.07, 6.45) is 0. The largest absolute Gasteiger partial charge is 0.508 e. The van der Waals surface area contributed by atoms with Gasteiger partial charge in [-0.2, -0.15) is 0 Å². The molecule has 18 heavy (non-hydrogen) atoms. The van der Waals surface area contributed by atoms with Gasteiger partial charge in [0.2, 0.25) is 0 Å². The summed E-state index contributed by atoms with van der Waals surface area (Å²) in [5, 5.41) is 12.0. The predicted molar refractivity (Wildman–Crippen MR) is 69.1 cm³/mol. The number of carbonyl (C=O) groups is 1. The maximum absolute atomic E-state index is 11.4. The van der Waals surface area contributed by atoms with Crippen molar-refractivity contribution in [1.29, 1.82) is 0 Å². The fourth-order valence-electron chi connectivity index (χ4n) is 1.25. The van der Waals surface area contributed by atoms with Crippen LogP contribution >= 0.6 is 0 Å². The van der Waals surface area contributed by atoms with E-state index in [1.807, 2.05) is 33.8 Å². The molecular formula is C13H20N2O3. The lowest BCUT2D eigenvalue weighted by molar-refractivity contribution is -0.0529. The highest BCUT2D eigenvalue weighted by atomic mass is 16.7. The van der Waals surface area contributed by atoms with Gasteiger partial charge in [0.25, 0.3) is 0 Å². The van der Waals surface area contributed by atoms with Crippen LogP contribution in [0.4, 0.5) is 4.79 Å². The lowest BCUT2D eigenvalue weighted by Crippen LogP contribution is -2.39. The van der Waals surface area contributed by atoms with Gasteiger partial charge in [0, 0.05) is 6.54 Å². The summed E-state index contributed by atoms with van der Waals surface area (Å²) in [4.78, 5) is 16.5. The summed E-state index contributed by atoms with van der Waals surface area (Å²) in [6.45, 7) is 7.71. The number of benzene rings is 1. The Kier molecular flexibility index (Phi) is 4.55. The van der Waals surface area contributed by atoms with Crippen LogP contribution in [0.25, 0.3) is 0 Å². The van der Waals surface area contributed by atoms with E-state index in [1.165, 1.54) is 0 Å². The highest BCUT2D eigenvalue weighted by Crippen LogP contribution is 2.16. The second-order valence-electron chi connectivity index (χ2n) is 5.12. The number of hydrogen-bond donors (Lipinski definition) is 3. The number of aromatic hydroxyl groups is 1. The van der Waals surface area contributed by atoms with E-state index in [9.17, 15) is 9.90 Å². The fourth-order valence-corrected chi connectivity index (χ4v) is 1.25. The van der Waals surface area contributed by atoms with Gasteiger partial charge in [0.05, 0.1) is 5.60 Å². The van der Waals surface area contributed by atoms with Gasteiger partial charge in [0.15, 0.2) is 0 Å². The molecule has 2 amide bonds. The average molecular weight is 252 g/mol. The molecule has 0 heterocycles. The highest BCUT2D eigenvalue weighted by Gasteiger charge is 2.12. The molecule has 3 N–H and O–H groups in total. The van der Waals surface area contributed by atoms with E-state index in [0.29, 0.717) is 6.54 Å². The van der Waals surface area contributed by atoms with E-state index in [1.54, 1.807) is 12.1 Å². The fraction of sp³-hybridized carbons (Fsp3) is 0.462. The molecule has 1 rings (SSSR count). The van der Waals surface area contributed by atoms with Gasteiger partial charge in [-0.1, -0.05) is 12.1 Å². The van der Waals surface area contributed by atoms with Crippen molar-refractivity contribution in [2.24, 2.45) is 0 Å². The van der Waals surface area contributed by atoms with Crippen molar-refractivity contribution in [3.63, 3.8) is 0 Å². The summed E-state index contributed by atoms with van der Waals surface area (Å²) in [6, 6.07) is 4.79. The third-order valence-corrected chi connectivity index (χ3v) is 2.16. The summed E-state index contributed by atoms with van der Waals surface area (Å²) >= 11 is 0. The van der Waals surface area contributed by atoms with Crippen molar-refractivity contribution in [1.82, 2.24) is 10.8 Å². The van der Waals surface area contributed by atoms with Gasteiger partial charge in [-0.05, 0) is 44.9 Å². The van der Waals surface area contributed by atoms with Gasteiger partial charge in [-0.25, -0.2) is 10.3 Å². The minimum Gasteiger partial charge on any atom is -0.508 e. The van der Waals surface area contributed by atoms with E-state index in [-0.39, 0.29) is 5.75 Å². The molecule has 0 fully saturated rings. The Morgan fingerprint density at radius 2 is 2.06 bits per heavy atom. The molecule has 100 valence electrons. The van der Waals surface area contributed by atoms with Crippen LogP contribution in [0.5, 0.6) is 5.75 Å². The van der Waals surface area contributed by atoms with Crippen LogP contribution < -0.4 is 10.8 Å². The van der Waals surface area contributed by atoms with Crippen LogP contribution in [0.1, 0.15) is 31.9 Å². The molecular weight excluding hydrogens is 232 g/mol. The molecule has 0 aliphatic carbocycles. The quantitative estimate of drug-likeness (QED) is 0.722. The van der Waals surface area contributed by atoms with E-state index >= 15 is 0 Å². The molecule has 0 atom stereocenters. The first-order chi connectivity index (χ1) is 8.28. The number of rotatable bonds is 3. The topological polar surface area (TPSA) is 70.6 Å². The Hall–Kier alpha value is -1.75. The standard InChI is InChI=1S/C13H20N2O3/c1-9-7-10(5-6-11(9)16)8-14-12(17)15-18-13(2,3)4/h5-7,16H,8H2,1-4H3,(H2,14,15,17). The number of phenols is 1. The lowest BCUT2D eigenvalue weighted by atomic mass is 10.1. The molecule has 0 aromatic heterocycles. The first-order valence-electron chi connectivity index (χ1n) is 5.78. The third-order valence-electron chi connectivity index (χ3n) is 2.16. The maximum Gasteiger partial charge on any atom is 0.338 e. The average Bonchev–Trinajstić information content (AvgIpc) is 2.27. The summed E-state index contributed by atoms with van der Waals surface area (Å²) < 4.78 is 0. The predicted octanol–water partition coefficient (Wildman–Crippen LogP) is 2.23. The Balaban J connectivity index is 2.40. The molecule has 0 saturated carbocycles. The zero-order valence-corrected chi connectivity index (χ0v) is 11.2. The first-order valence-corrected chi connectivity index (χ1v) is 5.78. The SMILES string of the molecule is Cc1cc(CNC(=O)NOC(C)(C)C)ccc1O. The Morgan fingerprint density at radius 3 is 2.61 bits per heavy atom. The molecule has 0 spiro atoms. The number of hydrogen-bond acceptors (Lipinski definition) is 3. The molecule has 5 heteroatoms. The summed E-state index contributed by atoms with van der Waals surface area (Å²) in [5.74, 6) is 0.249. The van der Waals surface area contributed by atoms with E-state index in [4.69, 9.17) is 4.84 Å². The Bertz CT molecular complexity index is 425. The minimum absolute atomic E-state index is 0.249. The van der Waals surface area contributed by atoms with Crippen LogP contribution in [-0.2, 0) is 11.4 Å². The van der Waals surface area contributed by atoms with Crippen LogP contribution in [0.2, 0.25) is 0 Å². The zero-order valence-electron chi connectivity index (χ0n) is 11.2. The van der Waals surface area contributed by atoms with Crippen molar-refractivity contribution in [2.75, 3.05) is 0 Å². The molecule has 1 aromatic rings. The number of carbonyl (C=O) groups excluding carboxylic acids is 1. The van der Waals surface area contributed by atoms with Crippen LogP contribution in [0.3, 0.4) is 0 Å². The van der Waals surface area contributed by atoms with E-state index < -0.39 is 11.6 Å². The first kappa shape index (κ1) is 14.3. The second kappa shape index (κ2) is 5.73. The number of amides is 2. The number of nitrogens with one attached hydrogen (secondary N) is 2. The van der Waals surface area contributed by atoms with Gasteiger partial charge in [-0.3, -0.25) is 4.84 Å². The number of urea groups is 1. The molecule has 0 unspecified atom stereocenters. The summed E-state index contributed by atoms with van der Waals surface area (Å²) in [5.41, 5.74) is 3.59. The normalized spacial score (nSPS) is 11.1. The smallest absolute Gasteiger partial charge is 0.338 e. The van der Waals surface area contributed by atoms with Crippen molar-refractivity contribution < 1.29 is 14.7 Å². The van der Waals surface area contributed by atoms with Crippen LogP contribution in [0, 0.1) is 6.92 Å². The Morgan fingerprint density at radius 1 is 1.39 bits per heavy atom. The summed E-state index contributed by atoms with van der Waals surface area (Å²) in [7, 11) is 0. The van der Waals surface area contributed by atoms with Gasteiger partial charge >= 0.3 is 6.03 Å². The lowest BCUT2D eigenvalue weighted by Gasteiger charge is -2.19. The van der Waals surface area contributed by atoms with Crippen molar-refractivity contribution in [3.8, 4) is 5.75 Å². The van der Waals surface area contributed by atoms with Gasteiger partial charge in [-0.15, -0.1) is 0 Å². The zero-order chi connectivity index (χ0) is 13.8. The van der Waals surface area contributed by atoms with Crippen molar-refractivity contribution in [3.05, 3.63) is 29.3 Å². The maximum atomic E-state index is 11.4. The second-order valence-corrected chi connectivity index (χ2v) is 5.12. The molecule has 0 bridgehead atoms. The van der Waals surface area contributed by atoms with E-state index in [2.05, 4.69) is 10.8 Å². The minimum atomic E-state index is -0.424. The Labute approximate surface area is 107 Å². The van der Waals surface area contributed by atoms with Gasteiger partial charge < -0.3 is 10.4 Å². The molecule has 1 aromatic carbocycles. The van der Waals surface area contributed by atoms with Crippen molar-refractivity contribution in [2.45, 2.75) is 39.8 Å². The molecule has 0 radical (unpaired) electrons. The highest BCUT2D eigenvalue weighted by molar-refractivity contribution is 5.72. The monoisotopic (exact) mass is 252 g/mol. The third kappa shape index (κ3) is 5.05.